The van der Waals surface area contributed by atoms with Crippen molar-refractivity contribution in [2.75, 3.05) is 14.1 Å². The van der Waals surface area contributed by atoms with E-state index in [-0.39, 0.29) is 11.6 Å². The lowest BCUT2D eigenvalue weighted by Gasteiger charge is -2.26. The topological polar surface area (TPSA) is 27.3 Å². The molecule has 0 aromatic carbocycles. The maximum Gasteiger partial charge on any atom is 0.259 e. The van der Waals surface area contributed by atoms with E-state index in [4.69, 9.17) is 0 Å². The van der Waals surface area contributed by atoms with Crippen molar-refractivity contribution in [3.8, 4) is 0 Å². The van der Waals surface area contributed by atoms with Crippen molar-refractivity contribution in [3.63, 3.8) is 0 Å². The molecule has 7 heteroatoms. The highest BCUT2D eigenvalue weighted by Gasteiger charge is 2.17. The van der Waals surface area contributed by atoms with Gasteiger partial charge in [0.25, 0.3) is 6.43 Å². The summed E-state index contributed by atoms with van der Waals surface area (Å²) >= 11 is 0. The van der Waals surface area contributed by atoms with Crippen molar-refractivity contribution in [2.45, 2.75) is 99.0 Å². The fourth-order valence-electron chi connectivity index (χ4n) is 4.28. The van der Waals surface area contributed by atoms with Crippen LogP contribution in [0.5, 0.6) is 0 Å². The maximum absolute atomic E-state index is 13.7. The van der Waals surface area contributed by atoms with Crippen molar-refractivity contribution in [2.24, 2.45) is 0 Å². The molecule has 236 valence electrons. The number of hydrogen-bond acceptors (Lipinski definition) is 3. The minimum Gasteiger partial charge on any atom is -0.355 e. The maximum atomic E-state index is 13.7. The fraction of sp³-hybridized carbons (Fsp3) is 0.486. The zero-order valence-corrected chi connectivity index (χ0v) is 27.1. The van der Waals surface area contributed by atoms with Gasteiger partial charge in [-0.2, -0.15) is 0 Å². The third-order valence-corrected chi connectivity index (χ3v) is 6.68. The Kier molecular flexibility index (Phi) is 19.5. The van der Waals surface area contributed by atoms with Gasteiger partial charge in [0, 0.05) is 30.1 Å². The summed E-state index contributed by atoms with van der Waals surface area (Å²) in [6.07, 6.45) is 11.7. The van der Waals surface area contributed by atoms with Gasteiger partial charge in [0.1, 0.15) is 12.3 Å². The molecule has 0 aliphatic carbocycles. The summed E-state index contributed by atoms with van der Waals surface area (Å²) in [4.78, 5) is 0. The molecule has 0 saturated heterocycles. The van der Waals surface area contributed by atoms with Crippen LogP contribution >= 0.6 is 0 Å². The second-order valence-corrected chi connectivity index (χ2v) is 10.5. The lowest BCUT2D eigenvalue weighted by molar-refractivity contribution is 0.190. The molecule has 0 spiro atoms. The largest absolute Gasteiger partial charge is 0.355 e. The first-order valence-corrected chi connectivity index (χ1v) is 14.6. The molecule has 0 bridgehead atoms. The Hall–Kier alpha value is -2.90. The highest BCUT2D eigenvalue weighted by molar-refractivity contribution is 5.54. The molecule has 0 radical (unpaired) electrons. The van der Waals surface area contributed by atoms with Gasteiger partial charge in [0.15, 0.2) is 0 Å². The number of hydrogen-bond donors (Lipinski definition) is 2. The molecule has 0 amide bonds. The predicted molar refractivity (Wildman–Crippen MR) is 174 cm³/mol. The second-order valence-electron chi connectivity index (χ2n) is 10.5. The van der Waals surface area contributed by atoms with Gasteiger partial charge in [0.2, 0.25) is 0 Å². The second kappa shape index (κ2) is 20.9. The number of allylic oxidation sites excluding steroid dienone is 13. The smallest absolute Gasteiger partial charge is 0.259 e. The number of nitrogens with one attached hydrogen (secondary N) is 2. The first-order chi connectivity index (χ1) is 19.7. The molecular weight excluding hydrogens is 538 g/mol. The Morgan fingerprint density at radius 2 is 1.67 bits per heavy atom. The number of alkyl halides is 4. The number of halogens is 4. The summed E-state index contributed by atoms with van der Waals surface area (Å²) in [5.41, 5.74) is 7.91. The molecule has 0 aromatic rings. The lowest BCUT2D eigenvalue weighted by atomic mass is 9.95. The van der Waals surface area contributed by atoms with E-state index in [1.165, 1.54) is 26.0 Å². The molecular formula is C35H53F4N3. The van der Waals surface area contributed by atoms with Gasteiger partial charge in [-0.25, -0.2) is 22.6 Å². The van der Waals surface area contributed by atoms with E-state index in [1.807, 2.05) is 45.1 Å². The Morgan fingerprint density at radius 1 is 1.02 bits per heavy atom. The third kappa shape index (κ3) is 14.8. The number of rotatable bonds is 19. The molecule has 2 N–H and O–H groups in total. The van der Waals surface area contributed by atoms with Crippen LogP contribution in [0.15, 0.2) is 107 Å². The van der Waals surface area contributed by atoms with Gasteiger partial charge in [0.05, 0.1) is 0 Å². The van der Waals surface area contributed by atoms with Crippen LogP contribution in [-0.2, 0) is 0 Å². The third-order valence-electron chi connectivity index (χ3n) is 6.68. The summed E-state index contributed by atoms with van der Waals surface area (Å²) in [5, 5.41) is 5.34. The Labute approximate surface area is 252 Å². The summed E-state index contributed by atoms with van der Waals surface area (Å²) in [7, 11) is 3.83. The molecule has 0 fully saturated rings. The van der Waals surface area contributed by atoms with Crippen LogP contribution in [0.3, 0.4) is 0 Å². The minimum absolute atomic E-state index is 0.0410. The Morgan fingerprint density at radius 3 is 2.12 bits per heavy atom. The fourth-order valence-corrected chi connectivity index (χ4v) is 4.28. The molecule has 0 rings (SSSR count). The molecule has 0 heterocycles. The average molecular weight is 592 g/mol. The highest BCUT2D eigenvalue weighted by atomic mass is 19.3. The van der Waals surface area contributed by atoms with E-state index >= 15 is 0 Å². The number of hydrazine groups is 1. The molecule has 0 aromatic heterocycles. The SMILES string of the molecule is C=C/C(NC(=C)/C(=C/C(CCC)N(C)NC)CC(=C/C)/C=C(\C)CC(C)F)=C(\C=C(/C)C(F)F)C(/C=C\C(C)F)=C/C. The van der Waals surface area contributed by atoms with Gasteiger partial charge >= 0.3 is 0 Å². The molecule has 3 nitrogen and oxygen atoms in total. The Balaban J connectivity index is 7.07. The zero-order chi connectivity index (χ0) is 32.4. The molecule has 42 heavy (non-hydrogen) atoms. The first-order valence-electron chi connectivity index (χ1n) is 14.6. The van der Waals surface area contributed by atoms with Crippen LogP contribution in [-0.4, -0.2) is 43.9 Å². The minimum atomic E-state index is -2.65. The molecule has 0 aliphatic rings. The van der Waals surface area contributed by atoms with E-state index in [0.29, 0.717) is 35.4 Å². The van der Waals surface area contributed by atoms with Crippen LogP contribution in [0.25, 0.3) is 0 Å². The normalized spacial score (nSPS) is 17.1. The molecule has 3 atom stereocenters. The van der Waals surface area contributed by atoms with Crippen molar-refractivity contribution >= 4 is 0 Å². The molecule has 3 unspecified atom stereocenters. The van der Waals surface area contributed by atoms with Crippen molar-refractivity contribution in [3.05, 3.63) is 107 Å². The average Bonchev–Trinajstić information content (AvgIpc) is 2.92. The van der Waals surface area contributed by atoms with E-state index in [1.54, 1.807) is 32.1 Å². The van der Waals surface area contributed by atoms with E-state index < -0.39 is 18.8 Å². The van der Waals surface area contributed by atoms with Gasteiger partial charge < -0.3 is 5.32 Å². The van der Waals surface area contributed by atoms with Crippen LogP contribution in [0, 0.1) is 0 Å². The summed E-state index contributed by atoms with van der Waals surface area (Å²) in [6, 6.07) is 0.0410. The monoisotopic (exact) mass is 591 g/mol. The number of nitrogens with zero attached hydrogens (tertiary/aromatic N) is 1. The van der Waals surface area contributed by atoms with Crippen molar-refractivity contribution in [1.29, 1.82) is 0 Å². The van der Waals surface area contributed by atoms with Crippen LogP contribution in [0.2, 0.25) is 0 Å². The predicted octanol–water partition coefficient (Wildman–Crippen LogP) is 9.79. The number of likely N-dealkylation sites (N-methyl/N-ethyl adjacent to an activating group) is 1. The highest BCUT2D eigenvalue weighted by Crippen LogP contribution is 2.27. The van der Waals surface area contributed by atoms with Gasteiger partial charge in [-0.3, -0.25) is 5.43 Å². The van der Waals surface area contributed by atoms with Gasteiger partial charge in [-0.05, 0) is 102 Å². The van der Waals surface area contributed by atoms with Crippen LogP contribution in [0.1, 0.15) is 74.1 Å². The zero-order valence-electron chi connectivity index (χ0n) is 27.1. The van der Waals surface area contributed by atoms with Crippen molar-refractivity contribution in [1.82, 2.24) is 15.8 Å². The summed E-state index contributed by atoms with van der Waals surface area (Å²) < 4.78 is 54.6. The van der Waals surface area contributed by atoms with E-state index in [2.05, 4.69) is 36.9 Å². The van der Waals surface area contributed by atoms with Crippen molar-refractivity contribution < 1.29 is 17.6 Å². The molecule has 0 aliphatic heterocycles. The van der Waals surface area contributed by atoms with E-state index in [9.17, 15) is 17.6 Å². The summed E-state index contributed by atoms with van der Waals surface area (Å²) in [5.74, 6) is 0. The van der Waals surface area contributed by atoms with Crippen LogP contribution < -0.4 is 10.7 Å². The van der Waals surface area contributed by atoms with Gasteiger partial charge in [-0.15, -0.1) is 0 Å². The van der Waals surface area contributed by atoms with E-state index in [0.717, 1.165) is 29.6 Å². The van der Waals surface area contributed by atoms with Gasteiger partial charge in [-0.1, -0.05) is 68.5 Å². The molecule has 0 saturated carbocycles. The Bertz CT molecular complexity index is 1090. The standard InChI is InChI=1S/C35H53F4N3/c1-12-16-32(42(11)40-10)23-31(22-29(13-2)20-24(5)19-27(8)37)28(9)41-34(15-4)33(21-25(6)35(38)39)30(14-3)18-17-26(7)36/h13-15,17-18,20-21,23,26-27,32,35,40-41H,4,9,12,16,19,22H2,1-3,5-8,10-11H3/b18-17-,24-20+,25-21+,29-13+,30-14+,31-23+,34-33-. The van der Waals surface area contributed by atoms with Crippen LogP contribution in [0.4, 0.5) is 17.6 Å². The summed E-state index contributed by atoms with van der Waals surface area (Å²) in [6.45, 7) is 20.3. The lowest BCUT2D eigenvalue weighted by Crippen LogP contribution is -2.39. The first kappa shape index (κ1) is 39.1. The quantitative estimate of drug-likeness (QED) is 0.0889.